The van der Waals surface area contributed by atoms with Gasteiger partial charge in [-0.15, -0.1) is 11.3 Å². The van der Waals surface area contributed by atoms with Crippen molar-refractivity contribution in [1.82, 2.24) is 15.3 Å². The number of thiazole rings is 1. The minimum atomic E-state index is -0.805. The maximum Gasteiger partial charge on any atom is 0.270 e. The number of Topliss-reactive ketones (excluding diaryl/α,β-unsaturated/α-hetero) is 1. The number of ketones is 1. The summed E-state index contributed by atoms with van der Waals surface area (Å²) < 4.78 is 0.918. The van der Waals surface area contributed by atoms with E-state index in [-0.39, 0.29) is 11.5 Å². The number of nitrogens with zero attached hydrogens (tertiary/aromatic N) is 3. The Kier molecular flexibility index (Phi) is 6.09. The van der Waals surface area contributed by atoms with Crippen LogP contribution in [0.1, 0.15) is 31.4 Å². The molecule has 0 bridgehead atoms. The Morgan fingerprint density at radius 2 is 1.94 bits per heavy atom. The fourth-order valence-corrected chi connectivity index (χ4v) is 4.15. The van der Waals surface area contributed by atoms with Gasteiger partial charge < -0.3 is 11.2 Å². The molecule has 1 amide bonds. The molecular formula is C23H19N5O2S. The second-order valence-electron chi connectivity index (χ2n) is 6.82. The minimum Gasteiger partial charge on any atom is -0.340 e. The topological polar surface area (TPSA) is 110 Å². The molecule has 0 aliphatic heterocycles. The SMILES string of the molecule is NN=Cc1cccc(CC(NC(=O)c2ccccn2)C(=O)c2nc3ccccc3s2)c1. The molecule has 1 unspecified atom stereocenters. The van der Waals surface area contributed by atoms with Gasteiger partial charge in [0.05, 0.1) is 22.5 Å². The van der Waals surface area contributed by atoms with Gasteiger partial charge in [0.1, 0.15) is 5.69 Å². The predicted octanol–water partition coefficient (Wildman–Crippen LogP) is 3.21. The summed E-state index contributed by atoms with van der Waals surface area (Å²) in [6, 6.07) is 19.3. The molecule has 0 saturated heterocycles. The first-order valence-corrected chi connectivity index (χ1v) is 10.4. The lowest BCUT2D eigenvalue weighted by molar-refractivity contribution is 0.0854. The highest BCUT2D eigenvalue weighted by molar-refractivity contribution is 7.20. The molecule has 2 heterocycles. The van der Waals surface area contributed by atoms with Gasteiger partial charge in [0.25, 0.3) is 5.91 Å². The van der Waals surface area contributed by atoms with E-state index >= 15 is 0 Å². The number of rotatable bonds is 7. The van der Waals surface area contributed by atoms with Crippen molar-refractivity contribution >= 4 is 39.5 Å². The molecule has 2 aromatic carbocycles. The largest absolute Gasteiger partial charge is 0.340 e. The van der Waals surface area contributed by atoms with Crippen LogP contribution in [-0.2, 0) is 6.42 Å². The number of carbonyl (C=O) groups is 2. The van der Waals surface area contributed by atoms with Crippen molar-refractivity contribution in [2.75, 3.05) is 0 Å². The van der Waals surface area contributed by atoms with Crippen molar-refractivity contribution in [1.29, 1.82) is 0 Å². The summed E-state index contributed by atoms with van der Waals surface area (Å²) in [4.78, 5) is 34.6. The summed E-state index contributed by atoms with van der Waals surface area (Å²) in [5, 5.41) is 6.73. The minimum absolute atomic E-state index is 0.244. The Labute approximate surface area is 182 Å². The molecule has 7 nitrogen and oxygen atoms in total. The average molecular weight is 430 g/mol. The van der Waals surface area contributed by atoms with Crippen molar-refractivity contribution in [3.05, 3.63) is 94.8 Å². The molecule has 31 heavy (non-hydrogen) atoms. The summed E-state index contributed by atoms with van der Waals surface area (Å²) in [5.41, 5.74) is 2.67. The fourth-order valence-electron chi connectivity index (χ4n) is 3.19. The average Bonchev–Trinajstić information content (AvgIpc) is 3.23. The van der Waals surface area contributed by atoms with Gasteiger partial charge in [-0.3, -0.25) is 14.6 Å². The third-order valence-electron chi connectivity index (χ3n) is 4.64. The molecule has 0 radical (unpaired) electrons. The summed E-state index contributed by atoms with van der Waals surface area (Å²) in [5.74, 6) is 4.58. The molecule has 154 valence electrons. The van der Waals surface area contributed by atoms with E-state index in [4.69, 9.17) is 5.84 Å². The van der Waals surface area contributed by atoms with Crippen molar-refractivity contribution in [2.24, 2.45) is 10.9 Å². The standard InChI is InChI=1S/C23H19N5O2S/c24-26-14-16-7-5-6-15(12-16)13-19(27-22(30)18-9-3-4-11-25-18)21(29)23-28-17-8-1-2-10-20(17)31-23/h1-12,14,19H,13,24H2,(H,27,30). The molecular weight excluding hydrogens is 410 g/mol. The molecule has 0 fully saturated rings. The van der Waals surface area contributed by atoms with Gasteiger partial charge in [0.2, 0.25) is 5.78 Å². The summed E-state index contributed by atoms with van der Waals surface area (Å²) in [6.07, 6.45) is 3.36. The molecule has 0 saturated carbocycles. The van der Waals surface area contributed by atoms with E-state index in [0.717, 1.165) is 21.3 Å². The number of hydrogen-bond donors (Lipinski definition) is 2. The number of pyridine rings is 1. The molecule has 4 rings (SSSR count). The van der Waals surface area contributed by atoms with Gasteiger partial charge >= 0.3 is 0 Å². The van der Waals surface area contributed by atoms with Gasteiger partial charge in [0.15, 0.2) is 5.01 Å². The number of nitrogens with two attached hydrogens (primary N) is 1. The highest BCUT2D eigenvalue weighted by atomic mass is 32.1. The van der Waals surface area contributed by atoms with Crippen molar-refractivity contribution in [2.45, 2.75) is 12.5 Å². The molecule has 0 aliphatic rings. The van der Waals surface area contributed by atoms with E-state index in [0.29, 0.717) is 11.4 Å². The van der Waals surface area contributed by atoms with Crippen LogP contribution in [0.15, 0.2) is 78.0 Å². The van der Waals surface area contributed by atoms with Crippen LogP contribution in [0.5, 0.6) is 0 Å². The molecule has 0 spiro atoms. The third kappa shape index (κ3) is 4.81. The smallest absolute Gasteiger partial charge is 0.270 e. The van der Waals surface area contributed by atoms with Crippen LogP contribution in [0.2, 0.25) is 0 Å². The molecule has 4 aromatic rings. The Balaban J connectivity index is 1.65. The maximum absolute atomic E-state index is 13.4. The lowest BCUT2D eigenvalue weighted by atomic mass is 10.0. The second kappa shape index (κ2) is 9.27. The van der Waals surface area contributed by atoms with Crippen molar-refractivity contribution in [3.63, 3.8) is 0 Å². The zero-order chi connectivity index (χ0) is 21.6. The summed E-state index contributed by atoms with van der Waals surface area (Å²) in [7, 11) is 0. The van der Waals surface area contributed by atoms with E-state index in [1.807, 2.05) is 48.5 Å². The Bertz CT molecular complexity index is 1220. The first-order chi connectivity index (χ1) is 15.1. The second-order valence-corrected chi connectivity index (χ2v) is 7.85. The molecule has 8 heteroatoms. The normalized spacial score (nSPS) is 12.1. The van der Waals surface area contributed by atoms with Crippen LogP contribution in [-0.4, -0.2) is 33.9 Å². The number of benzene rings is 2. The van der Waals surface area contributed by atoms with Gasteiger partial charge in [-0.05, 0) is 35.4 Å². The van der Waals surface area contributed by atoms with E-state index in [9.17, 15) is 9.59 Å². The van der Waals surface area contributed by atoms with Gasteiger partial charge in [-0.1, -0.05) is 42.5 Å². The zero-order valence-corrected chi connectivity index (χ0v) is 17.3. The molecule has 3 N–H and O–H groups in total. The van der Waals surface area contributed by atoms with E-state index < -0.39 is 11.9 Å². The summed E-state index contributed by atoms with van der Waals surface area (Å²) in [6.45, 7) is 0. The molecule has 0 aliphatic carbocycles. The number of nitrogens with one attached hydrogen (secondary N) is 1. The fraction of sp³-hybridized carbons (Fsp3) is 0.0870. The predicted molar refractivity (Wildman–Crippen MR) is 121 cm³/mol. The monoisotopic (exact) mass is 429 g/mol. The number of fused-ring (bicyclic) bond motifs is 1. The first kappa shape index (κ1) is 20.4. The molecule has 1 atom stereocenters. The Morgan fingerprint density at radius 3 is 2.71 bits per heavy atom. The van der Waals surface area contributed by atoms with E-state index in [1.54, 1.807) is 18.2 Å². The lowest BCUT2D eigenvalue weighted by Crippen LogP contribution is -2.42. The van der Waals surface area contributed by atoms with Crippen molar-refractivity contribution < 1.29 is 9.59 Å². The van der Waals surface area contributed by atoms with Crippen LogP contribution in [0, 0.1) is 0 Å². The Hall–Kier alpha value is -3.91. The van der Waals surface area contributed by atoms with Crippen LogP contribution in [0.3, 0.4) is 0 Å². The van der Waals surface area contributed by atoms with E-state index in [2.05, 4.69) is 20.4 Å². The van der Waals surface area contributed by atoms with Crippen LogP contribution >= 0.6 is 11.3 Å². The molecule has 2 aromatic heterocycles. The van der Waals surface area contributed by atoms with E-state index in [1.165, 1.54) is 23.7 Å². The van der Waals surface area contributed by atoms with Crippen molar-refractivity contribution in [3.8, 4) is 0 Å². The number of hydrogen-bond acceptors (Lipinski definition) is 7. The van der Waals surface area contributed by atoms with Gasteiger partial charge in [-0.2, -0.15) is 5.10 Å². The lowest BCUT2D eigenvalue weighted by Gasteiger charge is -2.17. The van der Waals surface area contributed by atoms with Gasteiger partial charge in [-0.25, -0.2) is 4.98 Å². The quantitative estimate of drug-likeness (QED) is 0.203. The van der Waals surface area contributed by atoms with Crippen LogP contribution in [0.4, 0.5) is 0 Å². The third-order valence-corrected chi connectivity index (χ3v) is 5.69. The number of hydrazone groups is 1. The highest BCUT2D eigenvalue weighted by Gasteiger charge is 2.26. The number of amides is 1. The van der Waals surface area contributed by atoms with Crippen LogP contribution in [0.25, 0.3) is 10.2 Å². The summed E-state index contributed by atoms with van der Waals surface area (Å²) >= 11 is 1.31. The number of aromatic nitrogens is 2. The maximum atomic E-state index is 13.4. The Morgan fingerprint density at radius 1 is 1.10 bits per heavy atom. The number of carbonyl (C=O) groups excluding carboxylic acids is 2. The number of para-hydroxylation sites is 1. The van der Waals surface area contributed by atoms with Crippen LogP contribution < -0.4 is 11.2 Å². The van der Waals surface area contributed by atoms with Gasteiger partial charge in [0, 0.05) is 12.6 Å². The highest BCUT2D eigenvalue weighted by Crippen LogP contribution is 2.23. The first-order valence-electron chi connectivity index (χ1n) is 9.58. The zero-order valence-electron chi connectivity index (χ0n) is 16.4.